The summed E-state index contributed by atoms with van der Waals surface area (Å²) in [5.41, 5.74) is 0.531. The van der Waals surface area contributed by atoms with Gasteiger partial charge in [-0.1, -0.05) is 19.3 Å². The van der Waals surface area contributed by atoms with E-state index >= 15 is 0 Å². The third-order valence-corrected chi connectivity index (χ3v) is 5.42. The number of nitrogens with zero attached hydrogens (tertiary/aromatic N) is 1. The van der Waals surface area contributed by atoms with Crippen molar-refractivity contribution >= 4 is 18.3 Å². The zero-order chi connectivity index (χ0) is 12.4. The second-order valence-electron chi connectivity index (χ2n) is 6.59. The largest absolute Gasteiger partial charge is 0.342 e. The fourth-order valence-corrected chi connectivity index (χ4v) is 4.03. The first kappa shape index (κ1) is 15.1. The lowest BCUT2D eigenvalue weighted by Gasteiger charge is -2.40. The Morgan fingerprint density at radius 2 is 1.74 bits per heavy atom. The van der Waals surface area contributed by atoms with E-state index in [1.807, 2.05) is 0 Å². The number of carbonyl (C=O) groups is 1. The van der Waals surface area contributed by atoms with Gasteiger partial charge in [-0.15, -0.1) is 12.4 Å². The molecule has 3 aliphatic rings. The summed E-state index contributed by atoms with van der Waals surface area (Å²) < 4.78 is 0. The second-order valence-corrected chi connectivity index (χ2v) is 6.59. The van der Waals surface area contributed by atoms with Crippen LogP contribution in [-0.4, -0.2) is 37.0 Å². The molecule has 0 radical (unpaired) electrons. The predicted molar refractivity (Wildman–Crippen MR) is 79.6 cm³/mol. The minimum absolute atomic E-state index is 0. The molecule has 19 heavy (non-hydrogen) atoms. The third kappa shape index (κ3) is 3.25. The van der Waals surface area contributed by atoms with Crippen LogP contribution in [0.2, 0.25) is 0 Å². The summed E-state index contributed by atoms with van der Waals surface area (Å²) in [4.78, 5) is 14.6. The third-order valence-electron chi connectivity index (χ3n) is 5.42. The summed E-state index contributed by atoms with van der Waals surface area (Å²) in [6, 6.07) is 0. The molecule has 1 spiro atoms. The minimum atomic E-state index is 0. The van der Waals surface area contributed by atoms with Crippen LogP contribution in [0.3, 0.4) is 0 Å². The van der Waals surface area contributed by atoms with Crippen molar-refractivity contribution in [2.24, 2.45) is 11.3 Å². The lowest BCUT2D eigenvalue weighted by atomic mass is 9.77. The molecule has 1 saturated carbocycles. The Morgan fingerprint density at radius 1 is 1.05 bits per heavy atom. The Balaban J connectivity index is 0.00000133. The van der Waals surface area contributed by atoms with Crippen LogP contribution in [0.4, 0.5) is 0 Å². The van der Waals surface area contributed by atoms with Crippen LogP contribution >= 0.6 is 12.4 Å². The number of hydrogen-bond acceptors (Lipinski definition) is 2. The highest BCUT2D eigenvalue weighted by molar-refractivity contribution is 5.85. The van der Waals surface area contributed by atoms with Crippen LogP contribution in [-0.2, 0) is 4.79 Å². The molecule has 110 valence electrons. The van der Waals surface area contributed by atoms with Crippen molar-refractivity contribution < 1.29 is 4.79 Å². The van der Waals surface area contributed by atoms with E-state index in [9.17, 15) is 4.79 Å². The molecule has 1 aliphatic carbocycles. The number of amides is 1. The number of halogens is 1. The van der Waals surface area contributed by atoms with Gasteiger partial charge in [0.2, 0.25) is 5.91 Å². The number of likely N-dealkylation sites (tertiary alicyclic amines) is 1. The highest BCUT2D eigenvalue weighted by atomic mass is 35.5. The van der Waals surface area contributed by atoms with Gasteiger partial charge in [-0.3, -0.25) is 4.79 Å². The smallest absolute Gasteiger partial charge is 0.225 e. The van der Waals surface area contributed by atoms with Gasteiger partial charge in [0.05, 0.1) is 0 Å². The first-order valence-electron chi connectivity index (χ1n) is 7.79. The Hall–Kier alpha value is -0.280. The Kier molecular flexibility index (Phi) is 5.13. The van der Waals surface area contributed by atoms with Gasteiger partial charge in [0, 0.05) is 25.6 Å². The van der Waals surface area contributed by atoms with Crippen LogP contribution in [0.25, 0.3) is 0 Å². The first-order chi connectivity index (χ1) is 8.79. The van der Waals surface area contributed by atoms with E-state index in [0.717, 1.165) is 25.9 Å². The van der Waals surface area contributed by atoms with Gasteiger partial charge in [-0.25, -0.2) is 0 Å². The van der Waals surface area contributed by atoms with Gasteiger partial charge in [-0.05, 0) is 44.1 Å². The number of hydrogen-bond donors (Lipinski definition) is 1. The topological polar surface area (TPSA) is 32.3 Å². The molecule has 1 N–H and O–H groups in total. The van der Waals surface area contributed by atoms with E-state index in [2.05, 4.69) is 10.2 Å². The molecular weight excluding hydrogens is 260 g/mol. The van der Waals surface area contributed by atoms with Crippen molar-refractivity contribution in [2.45, 2.75) is 51.4 Å². The van der Waals surface area contributed by atoms with Crippen molar-refractivity contribution in [1.29, 1.82) is 0 Å². The summed E-state index contributed by atoms with van der Waals surface area (Å²) in [6.45, 7) is 4.38. The maximum atomic E-state index is 12.5. The molecule has 3 fully saturated rings. The molecule has 0 atom stereocenters. The van der Waals surface area contributed by atoms with E-state index < -0.39 is 0 Å². The number of rotatable bonds is 1. The fraction of sp³-hybridized carbons (Fsp3) is 0.933. The Bertz CT molecular complexity index is 299. The lowest BCUT2D eigenvalue weighted by molar-refractivity contribution is -0.138. The highest BCUT2D eigenvalue weighted by Gasteiger charge is 2.39. The van der Waals surface area contributed by atoms with Crippen LogP contribution in [0.15, 0.2) is 0 Å². The van der Waals surface area contributed by atoms with E-state index in [-0.39, 0.29) is 12.4 Å². The molecule has 2 aliphatic heterocycles. The van der Waals surface area contributed by atoms with Crippen LogP contribution in [0.1, 0.15) is 51.4 Å². The summed E-state index contributed by atoms with van der Waals surface area (Å²) in [5.74, 6) is 0.824. The molecule has 0 aromatic rings. The zero-order valence-electron chi connectivity index (χ0n) is 11.8. The second kappa shape index (κ2) is 6.45. The number of nitrogens with one attached hydrogen (secondary N) is 1. The molecule has 4 heteroatoms. The van der Waals surface area contributed by atoms with E-state index in [0.29, 0.717) is 17.2 Å². The minimum Gasteiger partial charge on any atom is -0.342 e. The summed E-state index contributed by atoms with van der Waals surface area (Å²) in [6.07, 6.45) is 9.90. The SMILES string of the molecule is Cl.O=C(C1CCCCC1)N1CCC2(CCNC2)CC1. The number of piperidine rings is 1. The molecule has 3 nitrogen and oxygen atoms in total. The van der Waals surface area contributed by atoms with Crippen molar-refractivity contribution in [3.63, 3.8) is 0 Å². The summed E-state index contributed by atoms with van der Waals surface area (Å²) in [5, 5.41) is 3.49. The molecule has 3 rings (SSSR count). The maximum absolute atomic E-state index is 12.5. The van der Waals surface area contributed by atoms with Crippen molar-refractivity contribution in [3.8, 4) is 0 Å². The quantitative estimate of drug-likeness (QED) is 0.804. The van der Waals surface area contributed by atoms with Crippen LogP contribution in [0, 0.1) is 11.3 Å². The molecule has 0 aromatic heterocycles. The highest BCUT2D eigenvalue weighted by Crippen LogP contribution is 2.37. The fourth-order valence-electron chi connectivity index (χ4n) is 4.03. The summed E-state index contributed by atoms with van der Waals surface area (Å²) in [7, 11) is 0. The van der Waals surface area contributed by atoms with E-state index in [1.54, 1.807) is 0 Å². The average molecular weight is 287 g/mol. The lowest BCUT2D eigenvalue weighted by Crippen LogP contribution is -2.46. The molecule has 2 heterocycles. The Morgan fingerprint density at radius 3 is 2.32 bits per heavy atom. The predicted octanol–water partition coefficient (Wildman–Crippen LogP) is 2.59. The molecular formula is C15H27ClN2O. The maximum Gasteiger partial charge on any atom is 0.225 e. The number of carbonyl (C=O) groups excluding carboxylic acids is 1. The van der Waals surface area contributed by atoms with Gasteiger partial charge < -0.3 is 10.2 Å². The van der Waals surface area contributed by atoms with Gasteiger partial charge >= 0.3 is 0 Å². The molecule has 0 bridgehead atoms. The first-order valence-corrected chi connectivity index (χ1v) is 7.79. The zero-order valence-corrected chi connectivity index (χ0v) is 12.6. The van der Waals surface area contributed by atoms with Gasteiger partial charge in [0.25, 0.3) is 0 Å². The average Bonchev–Trinajstić information content (AvgIpc) is 2.88. The van der Waals surface area contributed by atoms with Crippen molar-refractivity contribution in [1.82, 2.24) is 10.2 Å². The molecule has 2 saturated heterocycles. The van der Waals surface area contributed by atoms with E-state index in [4.69, 9.17) is 0 Å². The summed E-state index contributed by atoms with van der Waals surface area (Å²) >= 11 is 0. The van der Waals surface area contributed by atoms with Crippen molar-refractivity contribution in [3.05, 3.63) is 0 Å². The molecule has 1 amide bonds. The van der Waals surface area contributed by atoms with Crippen LogP contribution in [0.5, 0.6) is 0 Å². The monoisotopic (exact) mass is 286 g/mol. The van der Waals surface area contributed by atoms with Gasteiger partial charge in [0.15, 0.2) is 0 Å². The van der Waals surface area contributed by atoms with Crippen LogP contribution < -0.4 is 5.32 Å². The van der Waals surface area contributed by atoms with E-state index in [1.165, 1.54) is 51.6 Å². The standard InChI is InChI=1S/C15H26N2O.ClH/c18-14(13-4-2-1-3-5-13)17-10-7-15(8-11-17)6-9-16-12-15;/h13,16H,1-12H2;1H. The van der Waals surface area contributed by atoms with Gasteiger partial charge in [0.1, 0.15) is 0 Å². The molecule has 0 aromatic carbocycles. The normalized spacial score (nSPS) is 27.3. The Labute approximate surface area is 122 Å². The van der Waals surface area contributed by atoms with Crippen molar-refractivity contribution in [2.75, 3.05) is 26.2 Å². The van der Waals surface area contributed by atoms with Gasteiger partial charge in [-0.2, -0.15) is 0 Å². The molecule has 0 unspecified atom stereocenters.